The minimum absolute atomic E-state index is 0.896. The normalized spacial score (nSPS) is 17.5. The van der Waals surface area contributed by atoms with Crippen LogP contribution in [0, 0.1) is 5.92 Å². The molecule has 1 heterocycles. The zero-order valence-electron chi connectivity index (χ0n) is 10.4. The summed E-state index contributed by atoms with van der Waals surface area (Å²) in [6.45, 7) is 7.88. The molecule has 16 heavy (non-hydrogen) atoms. The van der Waals surface area contributed by atoms with Gasteiger partial charge in [-0.1, -0.05) is 13.0 Å². The molecule has 1 aromatic carbocycles. The number of anilines is 2. The lowest BCUT2D eigenvalue weighted by Crippen LogP contribution is -2.32. The number of hydrogen-bond acceptors (Lipinski definition) is 2. The Morgan fingerprint density at radius 2 is 2.06 bits per heavy atom. The van der Waals surface area contributed by atoms with Gasteiger partial charge in [0.2, 0.25) is 0 Å². The highest BCUT2D eigenvalue weighted by atomic mass is 15.1. The summed E-state index contributed by atoms with van der Waals surface area (Å²) in [6.07, 6.45) is 2.65. The van der Waals surface area contributed by atoms with E-state index in [1.54, 1.807) is 0 Å². The lowest BCUT2D eigenvalue weighted by Gasteiger charge is -2.32. The van der Waals surface area contributed by atoms with Gasteiger partial charge in [-0.15, -0.1) is 0 Å². The molecule has 1 aromatic rings. The summed E-state index contributed by atoms with van der Waals surface area (Å²) in [6, 6.07) is 8.77. The summed E-state index contributed by atoms with van der Waals surface area (Å²) in [5.74, 6) is 0.896. The van der Waals surface area contributed by atoms with Crippen LogP contribution >= 0.6 is 0 Å². The Bertz CT molecular complexity index is 327. The van der Waals surface area contributed by atoms with E-state index in [-0.39, 0.29) is 0 Å². The van der Waals surface area contributed by atoms with E-state index in [1.165, 1.54) is 37.3 Å². The van der Waals surface area contributed by atoms with E-state index in [1.807, 2.05) is 0 Å². The third-order valence-corrected chi connectivity index (χ3v) is 3.38. The maximum absolute atomic E-state index is 3.37. The molecule has 1 aliphatic rings. The molecule has 0 spiro atoms. The SMILES string of the molecule is CCNc1cccc(N2CCC(C)CC2)c1. The van der Waals surface area contributed by atoms with E-state index in [2.05, 4.69) is 48.3 Å². The van der Waals surface area contributed by atoms with E-state index in [9.17, 15) is 0 Å². The van der Waals surface area contributed by atoms with Crippen molar-refractivity contribution >= 4 is 11.4 Å². The van der Waals surface area contributed by atoms with Crippen molar-refractivity contribution in [3.05, 3.63) is 24.3 Å². The van der Waals surface area contributed by atoms with Gasteiger partial charge < -0.3 is 10.2 Å². The molecule has 0 aromatic heterocycles. The van der Waals surface area contributed by atoms with Gasteiger partial charge in [-0.25, -0.2) is 0 Å². The molecule has 0 atom stereocenters. The standard InChI is InChI=1S/C14H22N2/c1-3-15-13-5-4-6-14(11-13)16-9-7-12(2)8-10-16/h4-6,11-12,15H,3,7-10H2,1-2H3. The molecular weight excluding hydrogens is 196 g/mol. The van der Waals surface area contributed by atoms with Crippen LogP contribution in [0.1, 0.15) is 26.7 Å². The molecule has 1 aliphatic heterocycles. The van der Waals surface area contributed by atoms with Gasteiger partial charge in [0.1, 0.15) is 0 Å². The monoisotopic (exact) mass is 218 g/mol. The van der Waals surface area contributed by atoms with Crippen LogP contribution in [-0.2, 0) is 0 Å². The number of rotatable bonds is 3. The molecule has 1 saturated heterocycles. The third-order valence-electron chi connectivity index (χ3n) is 3.38. The molecule has 0 radical (unpaired) electrons. The Balaban J connectivity index is 2.05. The topological polar surface area (TPSA) is 15.3 Å². The van der Waals surface area contributed by atoms with Crippen LogP contribution in [0.2, 0.25) is 0 Å². The quantitative estimate of drug-likeness (QED) is 0.837. The van der Waals surface area contributed by atoms with Crippen LogP contribution in [0.4, 0.5) is 11.4 Å². The van der Waals surface area contributed by atoms with Crippen molar-refractivity contribution in [1.29, 1.82) is 0 Å². The summed E-state index contributed by atoms with van der Waals surface area (Å²) in [7, 11) is 0. The number of nitrogens with zero attached hydrogens (tertiary/aromatic N) is 1. The average molecular weight is 218 g/mol. The summed E-state index contributed by atoms with van der Waals surface area (Å²) in [5.41, 5.74) is 2.60. The molecule has 2 nitrogen and oxygen atoms in total. The van der Waals surface area contributed by atoms with Gasteiger partial charge in [-0.2, -0.15) is 0 Å². The third kappa shape index (κ3) is 2.69. The molecule has 0 bridgehead atoms. The Labute approximate surface area is 98.7 Å². The minimum atomic E-state index is 0.896. The molecule has 88 valence electrons. The van der Waals surface area contributed by atoms with Crippen LogP contribution in [-0.4, -0.2) is 19.6 Å². The summed E-state index contributed by atoms with van der Waals surface area (Å²) < 4.78 is 0. The van der Waals surface area contributed by atoms with Crippen LogP contribution in [0.15, 0.2) is 24.3 Å². The van der Waals surface area contributed by atoms with Crippen LogP contribution < -0.4 is 10.2 Å². The first kappa shape index (κ1) is 11.3. The molecule has 0 aliphatic carbocycles. The first-order chi connectivity index (χ1) is 7.79. The number of piperidine rings is 1. The highest BCUT2D eigenvalue weighted by molar-refractivity contribution is 5.58. The predicted octanol–water partition coefficient (Wildman–Crippen LogP) is 3.35. The Kier molecular flexibility index (Phi) is 3.70. The number of hydrogen-bond donors (Lipinski definition) is 1. The van der Waals surface area contributed by atoms with E-state index < -0.39 is 0 Å². The molecule has 1 N–H and O–H groups in total. The van der Waals surface area contributed by atoms with Gasteiger partial charge in [0.05, 0.1) is 0 Å². The molecule has 0 amide bonds. The lowest BCUT2D eigenvalue weighted by atomic mass is 9.99. The van der Waals surface area contributed by atoms with E-state index >= 15 is 0 Å². The Morgan fingerprint density at radius 1 is 1.31 bits per heavy atom. The Hall–Kier alpha value is -1.18. The van der Waals surface area contributed by atoms with Crippen LogP contribution in [0.3, 0.4) is 0 Å². The van der Waals surface area contributed by atoms with Crippen molar-refractivity contribution in [2.24, 2.45) is 5.92 Å². The minimum Gasteiger partial charge on any atom is -0.385 e. The maximum Gasteiger partial charge on any atom is 0.0386 e. The summed E-state index contributed by atoms with van der Waals surface area (Å²) >= 11 is 0. The van der Waals surface area contributed by atoms with Gasteiger partial charge in [0.25, 0.3) is 0 Å². The number of nitrogens with one attached hydrogen (secondary N) is 1. The Morgan fingerprint density at radius 3 is 2.75 bits per heavy atom. The van der Waals surface area contributed by atoms with Crippen LogP contribution in [0.5, 0.6) is 0 Å². The van der Waals surface area contributed by atoms with Crippen LogP contribution in [0.25, 0.3) is 0 Å². The zero-order chi connectivity index (χ0) is 11.4. The molecule has 2 heteroatoms. The zero-order valence-corrected chi connectivity index (χ0v) is 10.4. The van der Waals surface area contributed by atoms with E-state index in [0.29, 0.717) is 0 Å². The average Bonchev–Trinajstić information content (AvgIpc) is 2.31. The fraction of sp³-hybridized carbons (Fsp3) is 0.571. The second-order valence-electron chi connectivity index (χ2n) is 4.75. The van der Waals surface area contributed by atoms with Crippen molar-refractivity contribution in [2.75, 3.05) is 29.9 Å². The maximum atomic E-state index is 3.37. The van der Waals surface area contributed by atoms with Crippen molar-refractivity contribution in [3.63, 3.8) is 0 Å². The second kappa shape index (κ2) is 5.24. The first-order valence-corrected chi connectivity index (χ1v) is 6.38. The van der Waals surface area contributed by atoms with Gasteiger partial charge in [0.15, 0.2) is 0 Å². The van der Waals surface area contributed by atoms with E-state index in [0.717, 1.165) is 12.5 Å². The summed E-state index contributed by atoms with van der Waals surface area (Å²) in [5, 5.41) is 3.37. The fourth-order valence-electron chi connectivity index (χ4n) is 2.28. The molecule has 0 unspecified atom stereocenters. The fourth-order valence-corrected chi connectivity index (χ4v) is 2.28. The lowest BCUT2D eigenvalue weighted by molar-refractivity contribution is 0.438. The molecule has 2 rings (SSSR count). The highest BCUT2D eigenvalue weighted by Crippen LogP contribution is 2.24. The second-order valence-corrected chi connectivity index (χ2v) is 4.75. The van der Waals surface area contributed by atoms with Gasteiger partial charge >= 0.3 is 0 Å². The van der Waals surface area contributed by atoms with Crippen molar-refractivity contribution < 1.29 is 0 Å². The first-order valence-electron chi connectivity index (χ1n) is 6.38. The van der Waals surface area contributed by atoms with Gasteiger partial charge in [-0.05, 0) is 43.9 Å². The van der Waals surface area contributed by atoms with Gasteiger partial charge in [0, 0.05) is 31.0 Å². The molecular formula is C14H22N2. The smallest absolute Gasteiger partial charge is 0.0386 e. The van der Waals surface area contributed by atoms with Gasteiger partial charge in [-0.3, -0.25) is 0 Å². The molecule has 0 saturated carbocycles. The van der Waals surface area contributed by atoms with Crippen molar-refractivity contribution in [1.82, 2.24) is 0 Å². The molecule has 1 fully saturated rings. The predicted molar refractivity (Wildman–Crippen MR) is 71.2 cm³/mol. The number of benzene rings is 1. The summed E-state index contributed by atoms with van der Waals surface area (Å²) in [4.78, 5) is 2.50. The largest absolute Gasteiger partial charge is 0.385 e. The highest BCUT2D eigenvalue weighted by Gasteiger charge is 2.15. The van der Waals surface area contributed by atoms with E-state index in [4.69, 9.17) is 0 Å². The van der Waals surface area contributed by atoms with Crippen molar-refractivity contribution in [2.45, 2.75) is 26.7 Å². The van der Waals surface area contributed by atoms with Crippen molar-refractivity contribution in [3.8, 4) is 0 Å².